The predicted molar refractivity (Wildman–Crippen MR) is 83.0 cm³/mol. The maximum atomic E-state index is 12.8. The number of amides is 1. The molecule has 0 N–H and O–H groups in total. The van der Waals surface area contributed by atoms with Crippen LogP contribution in [0.5, 0.6) is 0 Å². The Morgan fingerprint density at radius 3 is 2.76 bits per heavy atom. The highest BCUT2D eigenvalue weighted by Gasteiger charge is 2.58. The first-order chi connectivity index (χ1) is 10.2. The van der Waals surface area contributed by atoms with Crippen molar-refractivity contribution in [1.29, 1.82) is 0 Å². The molecule has 106 valence electrons. The molecule has 1 amide bonds. The number of carbonyl (C=O) groups excluding carboxylic acids is 1. The summed E-state index contributed by atoms with van der Waals surface area (Å²) in [6.45, 7) is 0. The van der Waals surface area contributed by atoms with E-state index in [1.54, 1.807) is 18.5 Å². The molecule has 1 aliphatic heterocycles. The van der Waals surface area contributed by atoms with Gasteiger partial charge in [-0.15, -0.1) is 11.6 Å². The third kappa shape index (κ3) is 1.81. The van der Waals surface area contributed by atoms with E-state index in [9.17, 15) is 4.79 Å². The Balaban J connectivity index is 1.86. The third-order valence-electron chi connectivity index (χ3n) is 4.26. The van der Waals surface area contributed by atoms with Crippen molar-refractivity contribution in [1.82, 2.24) is 4.98 Å². The van der Waals surface area contributed by atoms with Crippen molar-refractivity contribution in [2.45, 2.75) is 24.3 Å². The van der Waals surface area contributed by atoms with E-state index < -0.39 is 0 Å². The number of nitrogens with zero attached hydrogens (tertiary/aromatic N) is 2. The van der Waals surface area contributed by atoms with Crippen LogP contribution in [0.4, 0.5) is 5.69 Å². The van der Waals surface area contributed by atoms with Crippen molar-refractivity contribution in [3.05, 3.63) is 58.4 Å². The molecule has 5 heteroatoms. The number of fused-ring (bicyclic) bond motifs is 2. The van der Waals surface area contributed by atoms with E-state index in [1.807, 2.05) is 23.1 Å². The summed E-state index contributed by atoms with van der Waals surface area (Å²) < 4.78 is 0. The lowest BCUT2D eigenvalue weighted by Crippen LogP contribution is -2.33. The summed E-state index contributed by atoms with van der Waals surface area (Å²) >= 11 is 12.0. The molecule has 4 rings (SSSR count). The second-order valence-corrected chi connectivity index (χ2v) is 6.25. The summed E-state index contributed by atoms with van der Waals surface area (Å²) in [5.74, 6) is 0.405. The SMILES string of the molecule is O=C1c2ccc(Cl)cc2C2(CC2)N1c1cncc(CCl)c1. The van der Waals surface area contributed by atoms with Crippen molar-refractivity contribution in [3.8, 4) is 0 Å². The molecule has 0 saturated heterocycles. The zero-order valence-electron chi connectivity index (χ0n) is 11.1. The van der Waals surface area contributed by atoms with Crippen LogP contribution in [-0.4, -0.2) is 10.9 Å². The maximum Gasteiger partial charge on any atom is 0.259 e. The zero-order chi connectivity index (χ0) is 14.6. The number of pyridine rings is 1. The standard InChI is InChI=1S/C16H12Cl2N2O/c17-7-10-5-12(9-19-8-10)20-15(21)13-2-1-11(18)6-14(13)16(20)3-4-16/h1-2,5-6,8-9H,3-4,7H2. The Kier molecular flexibility index (Phi) is 2.78. The van der Waals surface area contributed by atoms with Crippen LogP contribution in [0.2, 0.25) is 5.02 Å². The van der Waals surface area contributed by atoms with Crippen molar-refractivity contribution < 1.29 is 4.79 Å². The molecule has 1 aromatic heterocycles. The van der Waals surface area contributed by atoms with Gasteiger partial charge in [0.25, 0.3) is 5.91 Å². The summed E-state index contributed by atoms with van der Waals surface area (Å²) in [7, 11) is 0. The monoisotopic (exact) mass is 318 g/mol. The van der Waals surface area contributed by atoms with Crippen molar-refractivity contribution in [3.63, 3.8) is 0 Å². The molecule has 2 heterocycles. The fourth-order valence-electron chi connectivity index (χ4n) is 3.17. The van der Waals surface area contributed by atoms with Gasteiger partial charge in [0.1, 0.15) is 0 Å². The van der Waals surface area contributed by atoms with Crippen molar-refractivity contribution in [2.75, 3.05) is 4.90 Å². The third-order valence-corrected chi connectivity index (χ3v) is 4.80. The molecular formula is C16H12Cl2N2O. The highest BCUT2D eigenvalue weighted by molar-refractivity contribution is 6.31. The lowest BCUT2D eigenvalue weighted by molar-refractivity contribution is 0.0989. The molecular weight excluding hydrogens is 307 g/mol. The second-order valence-electron chi connectivity index (χ2n) is 5.55. The molecule has 1 aliphatic carbocycles. The van der Waals surface area contributed by atoms with Gasteiger partial charge in [-0.3, -0.25) is 14.7 Å². The topological polar surface area (TPSA) is 33.2 Å². The normalized spacial score (nSPS) is 18.2. The van der Waals surface area contributed by atoms with Gasteiger partial charge in [0, 0.05) is 22.7 Å². The first-order valence-corrected chi connectivity index (χ1v) is 7.71. The molecule has 21 heavy (non-hydrogen) atoms. The molecule has 1 fully saturated rings. The van der Waals surface area contributed by atoms with E-state index in [1.165, 1.54) is 0 Å². The van der Waals surface area contributed by atoms with Crippen molar-refractivity contribution in [2.24, 2.45) is 0 Å². The Morgan fingerprint density at radius 1 is 1.24 bits per heavy atom. The molecule has 2 aromatic rings. The minimum atomic E-state index is -0.232. The number of rotatable bonds is 2. The van der Waals surface area contributed by atoms with E-state index in [4.69, 9.17) is 23.2 Å². The first-order valence-electron chi connectivity index (χ1n) is 6.80. The highest BCUT2D eigenvalue weighted by Crippen LogP contribution is 2.58. The number of hydrogen-bond acceptors (Lipinski definition) is 2. The molecule has 2 aliphatic rings. The lowest BCUT2D eigenvalue weighted by atomic mass is 10.0. The number of anilines is 1. The van der Waals surface area contributed by atoms with Crippen LogP contribution in [0.3, 0.4) is 0 Å². The second kappa shape index (κ2) is 4.46. The largest absolute Gasteiger partial charge is 0.297 e. The molecule has 3 nitrogen and oxygen atoms in total. The van der Waals surface area contributed by atoms with Gasteiger partial charge < -0.3 is 0 Å². The van der Waals surface area contributed by atoms with E-state index in [2.05, 4.69) is 4.98 Å². The average Bonchev–Trinajstić information content (AvgIpc) is 3.24. The average molecular weight is 319 g/mol. The van der Waals surface area contributed by atoms with E-state index in [-0.39, 0.29) is 11.4 Å². The summed E-state index contributed by atoms with van der Waals surface area (Å²) in [5, 5.41) is 0.669. The summed E-state index contributed by atoms with van der Waals surface area (Å²) in [4.78, 5) is 18.8. The maximum absolute atomic E-state index is 12.8. The molecule has 1 aromatic carbocycles. The molecule has 0 unspecified atom stereocenters. The summed E-state index contributed by atoms with van der Waals surface area (Å²) in [6, 6.07) is 7.44. The minimum absolute atomic E-state index is 0.0210. The molecule has 0 radical (unpaired) electrons. The van der Waals surface area contributed by atoms with Crippen LogP contribution in [0.25, 0.3) is 0 Å². The van der Waals surface area contributed by atoms with Crippen LogP contribution in [0.15, 0.2) is 36.7 Å². The van der Waals surface area contributed by atoms with Crippen LogP contribution in [0, 0.1) is 0 Å². The fourth-order valence-corrected chi connectivity index (χ4v) is 3.49. The van der Waals surface area contributed by atoms with E-state index in [0.29, 0.717) is 10.9 Å². The van der Waals surface area contributed by atoms with Gasteiger partial charge >= 0.3 is 0 Å². The molecule has 1 saturated carbocycles. The van der Waals surface area contributed by atoms with Gasteiger partial charge in [0.2, 0.25) is 0 Å². The van der Waals surface area contributed by atoms with Crippen LogP contribution >= 0.6 is 23.2 Å². The Morgan fingerprint density at radius 2 is 2.05 bits per heavy atom. The Bertz CT molecular complexity index is 756. The first kappa shape index (κ1) is 13.1. The molecule has 0 bridgehead atoms. The number of benzene rings is 1. The predicted octanol–water partition coefficient (Wildman–Crippen LogP) is 4.12. The number of aromatic nitrogens is 1. The smallest absolute Gasteiger partial charge is 0.259 e. The molecule has 0 atom stereocenters. The van der Waals surface area contributed by atoms with Crippen LogP contribution in [0.1, 0.15) is 34.3 Å². The van der Waals surface area contributed by atoms with Gasteiger partial charge in [-0.2, -0.15) is 0 Å². The van der Waals surface area contributed by atoms with Crippen LogP contribution < -0.4 is 4.90 Å². The van der Waals surface area contributed by atoms with E-state index >= 15 is 0 Å². The van der Waals surface area contributed by atoms with Gasteiger partial charge in [-0.1, -0.05) is 11.6 Å². The summed E-state index contributed by atoms with van der Waals surface area (Å²) in [5.41, 5.74) is 3.27. The Hall–Kier alpha value is -1.58. The quantitative estimate of drug-likeness (QED) is 0.780. The highest BCUT2D eigenvalue weighted by atomic mass is 35.5. The van der Waals surface area contributed by atoms with E-state index in [0.717, 1.165) is 35.2 Å². The number of hydrogen-bond donors (Lipinski definition) is 0. The fraction of sp³-hybridized carbons (Fsp3) is 0.250. The summed E-state index contributed by atoms with van der Waals surface area (Å²) in [6.07, 6.45) is 5.36. The minimum Gasteiger partial charge on any atom is -0.297 e. The number of alkyl halides is 1. The van der Waals surface area contributed by atoms with Gasteiger partial charge in [0.15, 0.2) is 0 Å². The Labute approximate surface area is 132 Å². The van der Waals surface area contributed by atoms with Gasteiger partial charge in [0.05, 0.1) is 17.4 Å². The number of halogens is 2. The van der Waals surface area contributed by atoms with Crippen molar-refractivity contribution >= 4 is 34.8 Å². The lowest BCUT2D eigenvalue weighted by Gasteiger charge is -2.25. The van der Waals surface area contributed by atoms with Gasteiger partial charge in [-0.05, 0) is 48.2 Å². The number of carbonyl (C=O) groups is 1. The van der Waals surface area contributed by atoms with Crippen LogP contribution in [-0.2, 0) is 11.4 Å². The zero-order valence-corrected chi connectivity index (χ0v) is 12.7. The molecule has 1 spiro atoms. The van der Waals surface area contributed by atoms with Gasteiger partial charge in [-0.25, -0.2) is 0 Å².